The number of methoxy groups -OCH3 is 1. The molecule has 7 nitrogen and oxygen atoms in total. The van der Waals surface area contributed by atoms with Gasteiger partial charge in [0, 0.05) is 36.2 Å². The van der Waals surface area contributed by atoms with Crippen LogP contribution in [0.5, 0.6) is 11.5 Å². The summed E-state index contributed by atoms with van der Waals surface area (Å²) in [6.45, 7) is 6.52. The number of anilines is 1. The smallest absolute Gasteiger partial charge is 0.250 e. The molecule has 1 amide bonds. The highest BCUT2D eigenvalue weighted by atomic mass is 32.1. The quantitative estimate of drug-likeness (QED) is 0.449. The van der Waals surface area contributed by atoms with Crippen molar-refractivity contribution >= 4 is 28.5 Å². The maximum absolute atomic E-state index is 12.6. The van der Waals surface area contributed by atoms with Crippen LogP contribution in [0.2, 0.25) is 0 Å². The fourth-order valence-corrected chi connectivity index (χ4v) is 4.71. The molecule has 8 heteroatoms. The molecule has 0 bridgehead atoms. The molecule has 0 radical (unpaired) electrons. The second-order valence-corrected chi connectivity index (χ2v) is 8.79. The molecule has 0 aliphatic carbocycles. The van der Waals surface area contributed by atoms with E-state index < -0.39 is 0 Å². The minimum absolute atomic E-state index is 0.237. The van der Waals surface area contributed by atoms with Crippen LogP contribution in [0.3, 0.4) is 0 Å². The first-order chi connectivity index (χ1) is 16.7. The molecule has 0 unspecified atom stereocenters. The summed E-state index contributed by atoms with van der Waals surface area (Å²) < 4.78 is 16.4. The molecule has 2 aromatic carbocycles. The minimum Gasteiger partial charge on any atom is -0.493 e. The summed E-state index contributed by atoms with van der Waals surface area (Å²) >= 11 is 1.52. The zero-order valence-corrected chi connectivity index (χ0v) is 20.3. The predicted octanol–water partition coefficient (Wildman–Crippen LogP) is 4.70. The van der Waals surface area contributed by atoms with E-state index in [9.17, 15) is 4.79 Å². The van der Waals surface area contributed by atoms with Crippen LogP contribution in [-0.2, 0) is 16.1 Å². The number of carbonyl (C=O) groups excluding carboxylic acids is 1. The van der Waals surface area contributed by atoms with Gasteiger partial charge in [-0.15, -0.1) is 0 Å². The number of ether oxygens (including phenoxy) is 3. The number of nitrogens with zero attached hydrogens (tertiary/aromatic N) is 2. The van der Waals surface area contributed by atoms with E-state index in [4.69, 9.17) is 19.2 Å². The minimum atomic E-state index is -0.237. The maximum Gasteiger partial charge on any atom is 0.250 e. The van der Waals surface area contributed by atoms with Crippen LogP contribution in [0.25, 0.3) is 17.3 Å². The van der Waals surface area contributed by atoms with Crippen LogP contribution in [-0.4, -0.2) is 55.8 Å². The Morgan fingerprint density at radius 3 is 2.71 bits per heavy atom. The van der Waals surface area contributed by atoms with Crippen molar-refractivity contribution in [2.45, 2.75) is 13.5 Å². The Bertz CT molecular complexity index is 1120. The summed E-state index contributed by atoms with van der Waals surface area (Å²) in [4.78, 5) is 20.9. The molecule has 0 spiro atoms. The standard InChI is InChI=1S/C26H29N3O4S/c1-3-33-21-11-9-19(17-22(21)31-2)10-12-24(30)27-26-28-25(20-7-5-4-6-8-20)23(34-26)18-29-13-15-32-16-14-29/h4-12,17H,3,13-16,18H2,1-2H3,(H,27,28,30)/b12-10+. The average molecular weight is 480 g/mol. The number of amides is 1. The third-order valence-electron chi connectivity index (χ3n) is 5.36. The van der Waals surface area contributed by atoms with Crippen molar-refractivity contribution in [2.24, 2.45) is 0 Å². The molecule has 1 saturated heterocycles. The lowest BCUT2D eigenvalue weighted by Crippen LogP contribution is -2.35. The Balaban J connectivity index is 1.49. The van der Waals surface area contributed by atoms with Gasteiger partial charge < -0.3 is 14.2 Å². The summed E-state index contributed by atoms with van der Waals surface area (Å²) in [5.41, 5.74) is 2.79. The number of hydrogen-bond donors (Lipinski definition) is 1. The lowest BCUT2D eigenvalue weighted by Gasteiger charge is -2.26. The topological polar surface area (TPSA) is 72.9 Å². The van der Waals surface area contributed by atoms with Crippen molar-refractivity contribution < 1.29 is 19.0 Å². The Hall–Kier alpha value is -3.20. The van der Waals surface area contributed by atoms with Gasteiger partial charge in [0.05, 0.1) is 32.6 Å². The second-order valence-electron chi connectivity index (χ2n) is 7.71. The molecule has 1 aromatic heterocycles. The number of thiazole rings is 1. The highest BCUT2D eigenvalue weighted by Crippen LogP contribution is 2.32. The van der Waals surface area contributed by atoms with Crippen LogP contribution >= 0.6 is 11.3 Å². The number of nitrogens with one attached hydrogen (secondary N) is 1. The number of morpholine rings is 1. The van der Waals surface area contributed by atoms with Gasteiger partial charge >= 0.3 is 0 Å². The van der Waals surface area contributed by atoms with Crippen LogP contribution < -0.4 is 14.8 Å². The van der Waals surface area contributed by atoms with Crippen molar-refractivity contribution in [2.75, 3.05) is 45.3 Å². The van der Waals surface area contributed by atoms with Crippen LogP contribution in [0, 0.1) is 0 Å². The largest absolute Gasteiger partial charge is 0.493 e. The molecule has 4 rings (SSSR count). The van der Waals surface area contributed by atoms with Crippen LogP contribution in [0.15, 0.2) is 54.6 Å². The molecular formula is C26H29N3O4S. The van der Waals surface area contributed by atoms with E-state index in [1.54, 1.807) is 13.2 Å². The first kappa shape index (κ1) is 23.9. The number of carbonyl (C=O) groups is 1. The number of hydrogen-bond acceptors (Lipinski definition) is 7. The van der Waals surface area contributed by atoms with E-state index in [1.165, 1.54) is 17.4 Å². The zero-order valence-electron chi connectivity index (χ0n) is 19.5. The monoisotopic (exact) mass is 479 g/mol. The Labute approximate surface area is 204 Å². The highest BCUT2D eigenvalue weighted by Gasteiger charge is 2.18. The maximum atomic E-state index is 12.6. The van der Waals surface area contributed by atoms with Crippen molar-refractivity contribution in [1.82, 2.24) is 9.88 Å². The van der Waals surface area contributed by atoms with Gasteiger partial charge in [-0.25, -0.2) is 4.98 Å². The van der Waals surface area contributed by atoms with Gasteiger partial charge in [0.15, 0.2) is 16.6 Å². The first-order valence-corrected chi connectivity index (χ1v) is 12.1. The average Bonchev–Trinajstić information content (AvgIpc) is 3.26. The molecule has 1 aliphatic rings. The molecule has 2 heterocycles. The van der Waals surface area contributed by atoms with Crippen LogP contribution in [0.1, 0.15) is 17.4 Å². The molecule has 1 fully saturated rings. The van der Waals surface area contributed by atoms with Gasteiger partial charge in [-0.2, -0.15) is 0 Å². The van der Waals surface area contributed by atoms with E-state index in [1.807, 2.05) is 55.5 Å². The molecule has 3 aromatic rings. The van der Waals surface area contributed by atoms with E-state index in [0.29, 0.717) is 23.2 Å². The van der Waals surface area contributed by atoms with Gasteiger partial charge in [0.25, 0.3) is 0 Å². The summed E-state index contributed by atoms with van der Waals surface area (Å²) in [6.07, 6.45) is 3.24. The number of aromatic nitrogens is 1. The Morgan fingerprint density at radius 2 is 1.97 bits per heavy atom. The summed E-state index contributed by atoms with van der Waals surface area (Å²) in [5, 5.41) is 3.51. The molecule has 34 heavy (non-hydrogen) atoms. The van der Waals surface area contributed by atoms with Crippen molar-refractivity contribution in [3.63, 3.8) is 0 Å². The van der Waals surface area contributed by atoms with Crippen LogP contribution in [0.4, 0.5) is 5.13 Å². The molecule has 1 N–H and O–H groups in total. The SMILES string of the molecule is CCOc1ccc(/C=C/C(=O)Nc2nc(-c3ccccc3)c(CN3CCOCC3)s2)cc1OC. The van der Waals surface area contributed by atoms with Crippen molar-refractivity contribution in [3.05, 3.63) is 65.0 Å². The predicted molar refractivity (Wildman–Crippen MR) is 135 cm³/mol. The molecule has 178 valence electrons. The molecule has 0 saturated carbocycles. The first-order valence-electron chi connectivity index (χ1n) is 11.3. The van der Waals surface area contributed by atoms with E-state index >= 15 is 0 Å². The number of rotatable bonds is 9. The molecule has 1 aliphatic heterocycles. The highest BCUT2D eigenvalue weighted by molar-refractivity contribution is 7.16. The fourth-order valence-electron chi connectivity index (χ4n) is 3.68. The lowest BCUT2D eigenvalue weighted by molar-refractivity contribution is -0.111. The van der Waals surface area contributed by atoms with Crippen molar-refractivity contribution in [1.29, 1.82) is 0 Å². The van der Waals surface area contributed by atoms with E-state index in [-0.39, 0.29) is 5.91 Å². The summed E-state index contributed by atoms with van der Waals surface area (Å²) in [6, 6.07) is 15.6. The normalized spacial score (nSPS) is 14.3. The lowest BCUT2D eigenvalue weighted by atomic mass is 10.1. The molecular weight excluding hydrogens is 450 g/mol. The second kappa shape index (κ2) is 11.8. The summed E-state index contributed by atoms with van der Waals surface area (Å²) in [7, 11) is 1.60. The van der Waals surface area contributed by atoms with E-state index in [2.05, 4.69) is 10.2 Å². The van der Waals surface area contributed by atoms with Gasteiger partial charge in [-0.05, 0) is 30.7 Å². The Morgan fingerprint density at radius 1 is 1.18 bits per heavy atom. The third kappa shape index (κ3) is 6.22. The van der Waals surface area contributed by atoms with Gasteiger partial charge in [0.2, 0.25) is 5.91 Å². The fraction of sp³-hybridized carbons (Fsp3) is 0.308. The summed E-state index contributed by atoms with van der Waals surface area (Å²) in [5.74, 6) is 1.07. The number of benzene rings is 2. The van der Waals surface area contributed by atoms with E-state index in [0.717, 1.165) is 54.5 Å². The third-order valence-corrected chi connectivity index (χ3v) is 6.32. The van der Waals surface area contributed by atoms with Gasteiger partial charge in [-0.1, -0.05) is 47.7 Å². The van der Waals surface area contributed by atoms with Crippen molar-refractivity contribution in [3.8, 4) is 22.8 Å². The Kier molecular flexibility index (Phi) is 8.30. The van der Waals surface area contributed by atoms with Gasteiger partial charge in [0.1, 0.15) is 0 Å². The molecule has 0 atom stereocenters. The van der Waals surface area contributed by atoms with Gasteiger partial charge in [-0.3, -0.25) is 15.0 Å². The zero-order chi connectivity index (χ0) is 23.8.